The fourth-order valence-electron chi connectivity index (χ4n) is 4.36. The Morgan fingerprint density at radius 2 is 1.84 bits per heavy atom. The molecule has 0 unspecified atom stereocenters. The topological polar surface area (TPSA) is 101 Å². The van der Waals surface area contributed by atoms with Crippen LogP contribution in [0.25, 0.3) is 0 Å². The van der Waals surface area contributed by atoms with Crippen molar-refractivity contribution >= 4 is 35.0 Å². The number of halogens is 1. The van der Waals surface area contributed by atoms with Gasteiger partial charge in [-0.1, -0.05) is 61.0 Å². The van der Waals surface area contributed by atoms with Crippen molar-refractivity contribution in [2.75, 3.05) is 0 Å². The molecule has 0 aromatic heterocycles. The van der Waals surface area contributed by atoms with Gasteiger partial charge in [0.15, 0.2) is 0 Å². The lowest BCUT2D eigenvalue weighted by Crippen LogP contribution is -2.50. The number of hydrazine groups is 1. The number of benzene rings is 2. The van der Waals surface area contributed by atoms with Gasteiger partial charge in [0.1, 0.15) is 0 Å². The van der Waals surface area contributed by atoms with Crippen LogP contribution in [-0.2, 0) is 16.1 Å². The molecule has 2 aliphatic rings. The van der Waals surface area contributed by atoms with Gasteiger partial charge < -0.3 is 0 Å². The van der Waals surface area contributed by atoms with Gasteiger partial charge in [-0.25, -0.2) is 5.01 Å². The molecule has 164 valence electrons. The van der Waals surface area contributed by atoms with Crippen molar-refractivity contribution in [1.82, 2.24) is 10.0 Å². The van der Waals surface area contributed by atoms with Crippen LogP contribution in [0, 0.1) is 27.9 Å². The zero-order valence-electron chi connectivity index (χ0n) is 17.2. The van der Waals surface area contributed by atoms with Crippen LogP contribution >= 0.6 is 11.6 Å². The molecule has 1 aliphatic heterocycles. The molecule has 1 fully saturated rings. The highest BCUT2D eigenvalue weighted by Crippen LogP contribution is 2.40. The molecule has 3 atom stereocenters. The summed E-state index contributed by atoms with van der Waals surface area (Å²) in [5, 5.41) is 13.5. The average Bonchev–Trinajstić information content (AvgIpc) is 3.03. The maximum atomic E-state index is 13.5. The summed E-state index contributed by atoms with van der Waals surface area (Å²) in [5.41, 5.74) is 0.0740. The van der Waals surface area contributed by atoms with E-state index in [1.54, 1.807) is 18.2 Å². The quantitative estimate of drug-likeness (QED) is 0.295. The van der Waals surface area contributed by atoms with E-state index in [0.717, 1.165) is 10.0 Å². The molecule has 32 heavy (non-hydrogen) atoms. The molecule has 2 aromatic rings. The molecular formula is C23H20ClN3O5. The van der Waals surface area contributed by atoms with Crippen LogP contribution in [0.15, 0.2) is 60.7 Å². The van der Waals surface area contributed by atoms with Gasteiger partial charge in [0.2, 0.25) is 0 Å². The molecule has 0 bridgehead atoms. The third-order valence-corrected chi connectivity index (χ3v) is 6.27. The molecule has 0 saturated carbocycles. The maximum Gasteiger partial charge on any atom is 0.274 e. The van der Waals surface area contributed by atoms with E-state index in [0.29, 0.717) is 6.42 Å². The number of imide groups is 1. The van der Waals surface area contributed by atoms with Crippen LogP contribution < -0.4 is 0 Å². The molecule has 9 heteroatoms. The van der Waals surface area contributed by atoms with Crippen molar-refractivity contribution in [2.24, 2.45) is 17.8 Å². The van der Waals surface area contributed by atoms with E-state index < -0.39 is 34.5 Å². The Kier molecular flexibility index (Phi) is 5.80. The van der Waals surface area contributed by atoms with E-state index in [-0.39, 0.29) is 34.3 Å². The zero-order valence-corrected chi connectivity index (χ0v) is 17.9. The minimum atomic E-state index is -0.685. The molecule has 1 heterocycles. The van der Waals surface area contributed by atoms with Gasteiger partial charge in [0.05, 0.1) is 39.5 Å². The fraction of sp³-hybridized carbons (Fsp3) is 0.261. The first-order chi connectivity index (χ1) is 15.3. The Balaban J connectivity index is 1.79. The van der Waals surface area contributed by atoms with Crippen molar-refractivity contribution in [3.63, 3.8) is 0 Å². The Morgan fingerprint density at radius 1 is 1.16 bits per heavy atom. The number of allylic oxidation sites excluding steroid dienone is 2. The molecule has 0 spiro atoms. The van der Waals surface area contributed by atoms with Gasteiger partial charge in [0, 0.05) is 6.07 Å². The Bertz CT molecular complexity index is 1150. The maximum absolute atomic E-state index is 13.5. The third kappa shape index (κ3) is 3.67. The van der Waals surface area contributed by atoms with Crippen LogP contribution in [0.3, 0.4) is 0 Å². The summed E-state index contributed by atoms with van der Waals surface area (Å²) in [6.07, 6.45) is 4.15. The summed E-state index contributed by atoms with van der Waals surface area (Å²) in [4.78, 5) is 51.1. The summed E-state index contributed by atoms with van der Waals surface area (Å²) in [6.45, 7) is 1.52. The van der Waals surface area contributed by atoms with Crippen LogP contribution in [0.1, 0.15) is 29.3 Å². The van der Waals surface area contributed by atoms with E-state index in [4.69, 9.17) is 11.6 Å². The number of carbonyl (C=O) groups is 3. The number of amides is 3. The number of hydrogen-bond acceptors (Lipinski definition) is 5. The van der Waals surface area contributed by atoms with E-state index in [9.17, 15) is 24.5 Å². The molecule has 0 N–H and O–H groups in total. The summed E-state index contributed by atoms with van der Waals surface area (Å²) in [7, 11) is 0. The Labute approximate surface area is 189 Å². The first-order valence-corrected chi connectivity index (χ1v) is 10.5. The molecule has 1 aliphatic carbocycles. The number of carbonyl (C=O) groups excluding carboxylic acids is 3. The lowest BCUT2D eigenvalue weighted by molar-refractivity contribution is -0.385. The average molecular weight is 454 g/mol. The number of hydrogen-bond donors (Lipinski definition) is 0. The van der Waals surface area contributed by atoms with Crippen LogP contribution in [0.4, 0.5) is 5.69 Å². The number of nitro benzene ring substituents is 1. The molecular weight excluding hydrogens is 434 g/mol. The van der Waals surface area contributed by atoms with Gasteiger partial charge in [0.25, 0.3) is 23.4 Å². The lowest BCUT2D eigenvalue weighted by atomic mass is 9.78. The van der Waals surface area contributed by atoms with E-state index >= 15 is 0 Å². The normalized spacial score (nSPS) is 22.1. The van der Waals surface area contributed by atoms with Crippen molar-refractivity contribution in [1.29, 1.82) is 0 Å². The van der Waals surface area contributed by atoms with Gasteiger partial charge >= 0.3 is 0 Å². The number of nitrogens with zero attached hydrogens (tertiary/aromatic N) is 3. The predicted octanol–water partition coefficient (Wildman–Crippen LogP) is 4.00. The minimum Gasteiger partial charge on any atom is -0.272 e. The fourth-order valence-corrected chi connectivity index (χ4v) is 4.58. The van der Waals surface area contributed by atoms with Gasteiger partial charge in [-0.2, -0.15) is 5.01 Å². The first-order valence-electron chi connectivity index (χ1n) is 10.1. The lowest BCUT2D eigenvalue weighted by Gasteiger charge is -2.31. The van der Waals surface area contributed by atoms with Crippen molar-refractivity contribution < 1.29 is 19.3 Å². The predicted molar refractivity (Wildman–Crippen MR) is 116 cm³/mol. The first kappa shape index (κ1) is 21.7. The molecule has 0 radical (unpaired) electrons. The second-order valence-electron chi connectivity index (χ2n) is 7.87. The van der Waals surface area contributed by atoms with Crippen molar-refractivity contribution in [2.45, 2.75) is 19.9 Å². The Hall–Kier alpha value is -3.52. The summed E-state index contributed by atoms with van der Waals surface area (Å²) >= 11 is 6.22. The van der Waals surface area contributed by atoms with Crippen LogP contribution in [-0.4, -0.2) is 32.7 Å². The van der Waals surface area contributed by atoms with Gasteiger partial charge in [-0.3, -0.25) is 24.5 Å². The second-order valence-corrected chi connectivity index (χ2v) is 8.28. The molecule has 3 amide bonds. The monoisotopic (exact) mass is 453 g/mol. The largest absolute Gasteiger partial charge is 0.274 e. The zero-order chi connectivity index (χ0) is 23.0. The molecule has 4 rings (SSSR count). The third-order valence-electron chi connectivity index (χ3n) is 5.94. The number of fused-ring (bicyclic) bond motifs is 1. The van der Waals surface area contributed by atoms with Gasteiger partial charge in [-0.15, -0.1) is 0 Å². The van der Waals surface area contributed by atoms with E-state index in [2.05, 4.69) is 0 Å². The SMILES string of the molecule is C[C@@H]1C=CC[C@@H]2C(=O)N(N(Cc3ccccc3[N+](=O)[O-])C(=O)c3ccccc3Cl)C(=O)[C@H]12. The number of para-hydroxylation sites is 1. The van der Waals surface area contributed by atoms with Crippen molar-refractivity contribution in [3.05, 3.63) is 86.9 Å². The molecule has 8 nitrogen and oxygen atoms in total. The summed E-state index contributed by atoms with van der Waals surface area (Å²) in [5.74, 6) is -2.99. The second kappa shape index (κ2) is 8.55. The Morgan fingerprint density at radius 3 is 2.53 bits per heavy atom. The standard InChI is InChI=1S/C23H20ClN3O5/c1-14-7-6-10-17-20(14)23(30)26(22(17)29)25(21(28)16-9-3-4-11-18(16)24)13-15-8-2-5-12-19(15)27(31)32/h2-9,11-12,14,17,20H,10,13H2,1H3/t14-,17+,20-/m1/s1. The highest BCUT2D eigenvalue weighted by Gasteiger charge is 2.53. The minimum absolute atomic E-state index is 0.0920. The van der Waals surface area contributed by atoms with Crippen LogP contribution in [0.2, 0.25) is 5.02 Å². The van der Waals surface area contributed by atoms with Crippen LogP contribution in [0.5, 0.6) is 0 Å². The van der Waals surface area contributed by atoms with Crippen molar-refractivity contribution in [3.8, 4) is 0 Å². The smallest absolute Gasteiger partial charge is 0.272 e. The highest BCUT2D eigenvalue weighted by molar-refractivity contribution is 6.33. The van der Waals surface area contributed by atoms with Gasteiger partial charge in [-0.05, 0) is 24.5 Å². The van der Waals surface area contributed by atoms with E-state index in [1.807, 2.05) is 19.1 Å². The highest BCUT2D eigenvalue weighted by atomic mass is 35.5. The molecule has 2 aromatic carbocycles. The molecule has 1 saturated heterocycles. The number of nitro groups is 1. The van der Waals surface area contributed by atoms with E-state index in [1.165, 1.54) is 30.3 Å². The number of rotatable bonds is 5. The summed E-state index contributed by atoms with van der Waals surface area (Å²) in [6, 6.07) is 12.2. The summed E-state index contributed by atoms with van der Waals surface area (Å²) < 4.78 is 0.